The number of hydrogen-bond donors (Lipinski definition) is 3. The van der Waals surface area contributed by atoms with Gasteiger partial charge in [0.05, 0.1) is 25.0 Å². The van der Waals surface area contributed by atoms with Gasteiger partial charge >= 0.3 is 11.9 Å². The standard InChI is InChI=1S/C23H29NO6.CH4O3S/c1-15(25)29-14-18-12-17(20(26)13-24-23(2,3)4)8-11-21(18)30-22(27)16-6-9-19(28-5)10-7-16;1-5(2,3)4/h6-12,20,24,26H,13-14H2,1-5H3;1H3,(H,2,3,4). The zero-order valence-electron chi connectivity index (χ0n) is 20.7. The summed E-state index contributed by atoms with van der Waals surface area (Å²) in [5.74, 6) is -0.117. The van der Waals surface area contributed by atoms with E-state index in [0.717, 1.165) is 0 Å². The summed E-state index contributed by atoms with van der Waals surface area (Å²) in [5, 5.41) is 13.7. The average Bonchev–Trinajstić information content (AvgIpc) is 2.75. The largest absolute Gasteiger partial charge is 0.497 e. The van der Waals surface area contributed by atoms with Crippen LogP contribution in [-0.2, 0) is 26.3 Å². The van der Waals surface area contributed by atoms with Crippen molar-refractivity contribution in [1.82, 2.24) is 5.32 Å². The maximum Gasteiger partial charge on any atom is 0.343 e. The van der Waals surface area contributed by atoms with Gasteiger partial charge < -0.3 is 24.6 Å². The number of aliphatic hydroxyl groups is 1. The van der Waals surface area contributed by atoms with Crippen molar-refractivity contribution in [1.29, 1.82) is 0 Å². The minimum Gasteiger partial charge on any atom is -0.497 e. The summed E-state index contributed by atoms with van der Waals surface area (Å²) in [7, 11) is -2.12. The van der Waals surface area contributed by atoms with Gasteiger partial charge in [0.15, 0.2) is 0 Å². The molecule has 1 unspecified atom stereocenters. The molecule has 0 bridgehead atoms. The highest BCUT2D eigenvalue weighted by Crippen LogP contribution is 2.26. The van der Waals surface area contributed by atoms with Crippen LogP contribution in [0.15, 0.2) is 42.5 Å². The SMILES string of the molecule is COc1ccc(C(=O)Oc2ccc(C(O)CNC(C)(C)C)cc2COC(C)=O)cc1.CS(=O)(=O)O. The molecule has 0 radical (unpaired) electrons. The van der Waals surface area contributed by atoms with E-state index in [-0.39, 0.29) is 17.9 Å². The van der Waals surface area contributed by atoms with Crippen molar-refractivity contribution in [3.8, 4) is 11.5 Å². The number of benzene rings is 2. The van der Waals surface area contributed by atoms with Crippen molar-refractivity contribution in [3.05, 3.63) is 59.2 Å². The monoisotopic (exact) mass is 511 g/mol. The molecular formula is C24H33NO9S. The van der Waals surface area contributed by atoms with E-state index in [9.17, 15) is 23.1 Å². The Bertz CT molecular complexity index is 1080. The van der Waals surface area contributed by atoms with Crippen LogP contribution in [-0.4, -0.2) is 55.5 Å². The van der Waals surface area contributed by atoms with E-state index < -0.39 is 28.2 Å². The first-order chi connectivity index (χ1) is 16.1. The molecule has 3 N–H and O–H groups in total. The zero-order valence-corrected chi connectivity index (χ0v) is 21.5. The maximum absolute atomic E-state index is 12.5. The van der Waals surface area contributed by atoms with Gasteiger partial charge in [0.25, 0.3) is 10.1 Å². The third-order valence-electron chi connectivity index (χ3n) is 4.25. The fourth-order valence-corrected chi connectivity index (χ4v) is 2.60. The topological polar surface area (TPSA) is 148 Å². The summed E-state index contributed by atoms with van der Waals surface area (Å²) < 4.78 is 41.6. The Morgan fingerprint density at radius 1 is 1.09 bits per heavy atom. The number of methoxy groups -OCH3 is 1. The number of ether oxygens (including phenoxy) is 3. The normalized spacial score (nSPS) is 12.1. The molecule has 0 aliphatic carbocycles. The lowest BCUT2D eigenvalue weighted by Gasteiger charge is -2.23. The smallest absolute Gasteiger partial charge is 0.343 e. The summed E-state index contributed by atoms with van der Waals surface area (Å²) in [5.41, 5.74) is 1.32. The zero-order chi connectivity index (χ0) is 26.8. The first-order valence-corrected chi connectivity index (χ1v) is 12.4. The molecular weight excluding hydrogens is 478 g/mol. The molecule has 194 valence electrons. The predicted molar refractivity (Wildman–Crippen MR) is 130 cm³/mol. The van der Waals surface area contributed by atoms with Crippen LogP contribution < -0.4 is 14.8 Å². The molecule has 2 rings (SSSR count). The van der Waals surface area contributed by atoms with Gasteiger partial charge in [-0.3, -0.25) is 9.35 Å². The van der Waals surface area contributed by atoms with Crippen LogP contribution in [0.4, 0.5) is 0 Å². The molecule has 2 aromatic carbocycles. The number of hydrogen-bond acceptors (Lipinski definition) is 9. The second kappa shape index (κ2) is 13.2. The first-order valence-electron chi connectivity index (χ1n) is 10.6. The van der Waals surface area contributed by atoms with Gasteiger partial charge in [0.2, 0.25) is 0 Å². The Balaban J connectivity index is 0.00000111. The lowest BCUT2D eigenvalue weighted by Crippen LogP contribution is -2.38. The van der Waals surface area contributed by atoms with Crippen molar-refractivity contribution >= 4 is 22.1 Å². The van der Waals surface area contributed by atoms with Gasteiger partial charge in [-0.05, 0) is 62.7 Å². The number of carbonyl (C=O) groups is 2. The third-order valence-corrected chi connectivity index (χ3v) is 4.25. The van der Waals surface area contributed by atoms with E-state index in [2.05, 4.69) is 5.32 Å². The van der Waals surface area contributed by atoms with Gasteiger partial charge in [-0.25, -0.2) is 4.79 Å². The van der Waals surface area contributed by atoms with Crippen molar-refractivity contribution in [2.24, 2.45) is 0 Å². The van der Waals surface area contributed by atoms with E-state index in [1.165, 1.54) is 6.92 Å². The Morgan fingerprint density at radius 3 is 2.14 bits per heavy atom. The summed E-state index contributed by atoms with van der Waals surface area (Å²) in [6.07, 6.45) is -0.0563. The predicted octanol–water partition coefficient (Wildman–Crippen LogP) is 2.90. The number of carbonyl (C=O) groups excluding carboxylic acids is 2. The molecule has 0 spiro atoms. The molecule has 0 aliphatic heterocycles. The summed E-state index contributed by atoms with van der Waals surface area (Å²) in [6.45, 7) is 7.60. The fraction of sp³-hybridized carbons (Fsp3) is 0.417. The Morgan fingerprint density at radius 2 is 1.66 bits per heavy atom. The quantitative estimate of drug-likeness (QED) is 0.274. The van der Waals surface area contributed by atoms with Crippen LogP contribution in [0.3, 0.4) is 0 Å². The van der Waals surface area contributed by atoms with Crippen LogP contribution >= 0.6 is 0 Å². The minimum atomic E-state index is -3.67. The van der Waals surface area contributed by atoms with Gasteiger partial charge in [0.1, 0.15) is 18.1 Å². The van der Waals surface area contributed by atoms with E-state index in [0.29, 0.717) is 35.2 Å². The van der Waals surface area contributed by atoms with Crippen molar-refractivity contribution in [2.75, 3.05) is 19.9 Å². The Kier molecular flexibility index (Phi) is 11.3. The second-order valence-electron chi connectivity index (χ2n) is 8.65. The highest BCUT2D eigenvalue weighted by Gasteiger charge is 2.18. The molecule has 0 amide bonds. The van der Waals surface area contributed by atoms with Crippen LogP contribution in [0.25, 0.3) is 0 Å². The highest BCUT2D eigenvalue weighted by molar-refractivity contribution is 7.85. The summed E-state index contributed by atoms with van der Waals surface area (Å²) in [4.78, 5) is 23.8. The fourth-order valence-electron chi connectivity index (χ4n) is 2.60. The lowest BCUT2D eigenvalue weighted by molar-refractivity contribution is -0.142. The summed E-state index contributed by atoms with van der Waals surface area (Å²) in [6, 6.07) is 11.5. The third kappa shape index (κ3) is 12.9. The number of nitrogens with one attached hydrogen (secondary N) is 1. The number of esters is 2. The van der Waals surface area contributed by atoms with Gasteiger partial charge in [-0.1, -0.05) is 6.07 Å². The van der Waals surface area contributed by atoms with Crippen LogP contribution in [0.5, 0.6) is 11.5 Å². The van der Waals surface area contributed by atoms with Crippen molar-refractivity contribution in [2.45, 2.75) is 45.9 Å². The minimum absolute atomic E-state index is 0.0756. The van der Waals surface area contributed by atoms with E-state index >= 15 is 0 Å². The van der Waals surface area contributed by atoms with Gasteiger partial charge in [0, 0.05) is 24.6 Å². The molecule has 0 saturated carbocycles. The number of β-amino-alcohol motifs (C(OH)–C–C–N with tert-alkyl or cyclic N) is 1. The molecule has 0 saturated heterocycles. The molecule has 0 fully saturated rings. The van der Waals surface area contributed by atoms with E-state index in [1.807, 2.05) is 20.8 Å². The van der Waals surface area contributed by atoms with Crippen molar-refractivity contribution < 1.29 is 41.9 Å². The lowest BCUT2D eigenvalue weighted by atomic mass is 10.0. The van der Waals surface area contributed by atoms with Gasteiger partial charge in [-0.2, -0.15) is 8.42 Å². The molecule has 0 aromatic heterocycles. The maximum atomic E-state index is 12.5. The van der Waals surface area contributed by atoms with Crippen LogP contribution in [0.1, 0.15) is 55.3 Å². The highest BCUT2D eigenvalue weighted by atomic mass is 32.2. The molecule has 2 aromatic rings. The summed E-state index contributed by atoms with van der Waals surface area (Å²) >= 11 is 0. The first kappa shape index (κ1) is 30.0. The van der Waals surface area contributed by atoms with E-state index in [1.54, 1.807) is 49.6 Å². The number of aliphatic hydroxyl groups excluding tert-OH is 1. The molecule has 0 heterocycles. The van der Waals surface area contributed by atoms with Crippen LogP contribution in [0.2, 0.25) is 0 Å². The van der Waals surface area contributed by atoms with Gasteiger partial charge in [-0.15, -0.1) is 0 Å². The van der Waals surface area contributed by atoms with E-state index in [4.69, 9.17) is 18.8 Å². The molecule has 11 heteroatoms. The molecule has 1 atom stereocenters. The molecule has 35 heavy (non-hydrogen) atoms. The second-order valence-corrected chi connectivity index (χ2v) is 10.1. The average molecular weight is 512 g/mol. The molecule has 0 aliphatic rings. The van der Waals surface area contributed by atoms with Crippen LogP contribution in [0, 0.1) is 0 Å². The number of rotatable bonds is 8. The molecule has 10 nitrogen and oxygen atoms in total. The Labute approximate surface area is 206 Å². The van der Waals surface area contributed by atoms with Crippen molar-refractivity contribution in [3.63, 3.8) is 0 Å². The Hall–Kier alpha value is -2.99.